The molecule has 2 aliphatic heterocycles. The van der Waals surface area contributed by atoms with Crippen LogP contribution in [0.15, 0.2) is 32.3 Å². The molecule has 0 unspecified atom stereocenters. The first kappa shape index (κ1) is 22.1. The highest BCUT2D eigenvalue weighted by Crippen LogP contribution is 2.28. The van der Waals surface area contributed by atoms with Crippen LogP contribution in [0.1, 0.15) is 46.0 Å². The number of carbonyl (C=O) groups excluding carboxylic acids is 1. The lowest BCUT2D eigenvalue weighted by Crippen LogP contribution is -2.42. The molecular weight excluding hydrogens is 418 g/mol. The van der Waals surface area contributed by atoms with E-state index >= 15 is 0 Å². The molecule has 8 nitrogen and oxygen atoms in total. The number of piperidine rings is 1. The second-order valence-corrected chi connectivity index (χ2v) is 11.1. The number of fused-ring (bicyclic) bond motifs is 1. The number of amides is 1. The van der Waals surface area contributed by atoms with E-state index in [1.807, 2.05) is 0 Å². The number of benzene rings is 1. The maximum absolute atomic E-state index is 13.2. The van der Waals surface area contributed by atoms with Gasteiger partial charge in [0.2, 0.25) is 15.9 Å². The third kappa shape index (κ3) is 4.57. The minimum Gasteiger partial charge on any atom is -0.408 e. The first-order valence-corrected chi connectivity index (χ1v) is 12.6. The molecule has 31 heavy (non-hydrogen) atoms. The van der Waals surface area contributed by atoms with Crippen molar-refractivity contribution in [3.05, 3.63) is 28.7 Å². The molecule has 1 aromatic heterocycles. The Kier molecular flexibility index (Phi) is 6.25. The van der Waals surface area contributed by atoms with Crippen LogP contribution in [0.2, 0.25) is 0 Å². The van der Waals surface area contributed by atoms with Crippen molar-refractivity contribution in [3.63, 3.8) is 0 Å². The Morgan fingerprint density at radius 2 is 1.71 bits per heavy atom. The van der Waals surface area contributed by atoms with Gasteiger partial charge in [-0.15, -0.1) is 0 Å². The number of aromatic nitrogens is 1. The van der Waals surface area contributed by atoms with E-state index in [4.69, 9.17) is 4.42 Å². The van der Waals surface area contributed by atoms with Crippen LogP contribution in [0.5, 0.6) is 0 Å². The van der Waals surface area contributed by atoms with Crippen LogP contribution < -0.4 is 5.76 Å². The van der Waals surface area contributed by atoms with E-state index in [2.05, 4.69) is 13.8 Å². The number of likely N-dealkylation sites (tertiary alicyclic amines) is 1. The molecule has 2 aromatic rings. The lowest BCUT2D eigenvalue weighted by molar-refractivity contribution is -0.131. The summed E-state index contributed by atoms with van der Waals surface area (Å²) in [6.07, 6.45) is 5.19. The maximum Gasteiger partial charge on any atom is 0.420 e. The number of nitrogens with zero attached hydrogens (tertiary/aromatic N) is 3. The summed E-state index contributed by atoms with van der Waals surface area (Å²) < 4.78 is 34.5. The van der Waals surface area contributed by atoms with E-state index in [0.717, 1.165) is 32.1 Å². The van der Waals surface area contributed by atoms with Gasteiger partial charge in [-0.2, -0.15) is 4.31 Å². The Morgan fingerprint density at radius 3 is 2.35 bits per heavy atom. The molecule has 1 aromatic carbocycles. The second-order valence-electron chi connectivity index (χ2n) is 9.15. The number of hydrogen-bond donors (Lipinski definition) is 0. The Bertz CT molecular complexity index is 1100. The zero-order valence-electron chi connectivity index (χ0n) is 18.2. The van der Waals surface area contributed by atoms with Gasteiger partial charge in [0.25, 0.3) is 0 Å². The second kappa shape index (κ2) is 8.78. The number of rotatable bonds is 4. The van der Waals surface area contributed by atoms with E-state index in [9.17, 15) is 18.0 Å². The van der Waals surface area contributed by atoms with Gasteiger partial charge in [0.05, 0.1) is 10.4 Å². The SMILES string of the molecule is C[C@@H]1C[C@H](C)CN(S(=O)(=O)c2ccc3c(c2)oc(=O)n3CC(=O)N2CCCCCC2)C1. The number of sulfonamides is 1. The van der Waals surface area contributed by atoms with Crippen molar-refractivity contribution in [3.8, 4) is 0 Å². The third-order valence-corrected chi connectivity index (χ3v) is 8.19. The van der Waals surface area contributed by atoms with Crippen molar-refractivity contribution in [1.82, 2.24) is 13.8 Å². The van der Waals surface area contributed by atoms with Crippen LogP contribution >= 0.6 is 0 Å². The Morgan fingerprint density at radius 1 is 1.06 bits per heavy atom. The summed E-state index contributed by atoms with van der Waals surface area (Å²) in [4.78, 5) is 27.1. The molecule has 0 bridgehead atoms. The monoisotopic (exact) mass is 449 g/mol. The standard InChI is InChI=1S/C22H31N3O5S/c1-16-11-17(2)14-24(13-16)31(28,29)18-7-8-19-20(12-18)30-22(27)25(19)15-21(26)23-9-5-3-4-6-10-23/h7-8,12,16-17H,3-6,9-11,13-15H2,1-2H3/t16-,17+. The van der Waals surface area contributed by atoms with Crippen LogP contribution in [0.4, 0.5) is 0 Å². The molecule has 0 N–H and O–H groups in total. The first-order chi connectivity index (χ1) is 14.8. The zero-order valence-corrected chi connectivity index (χ0v) is 19.1. The molecule has 2 atom stereocenters. The largest absolute Gasteiger partial charge is 0.420 e. The van der Waals surface area contributed by atoms with E-state index in [0.29, 0.717) is 43.5 Å². The fourth-order valence-corrected chi connectivity index (χ4v) is 6.56. The average molecular weight is 450 g/mol. The summed E-state index contributed by atoms with van der Waals surface area (Å²) in [5.74, 6) is -0.162. The van der Waals surface area contributed by atoms with Gasteiger partial charge < -0.3 is 9.32 Å². The normalized spacial score (nSPS) is 23.7. The van der Waals surface area contributed by atoms with Gasteiger partial charge in [-0.1, -0.05) is 26.7 Å². The van der Waals surface area contributed by atoms with Crippen molar-refractivity contribution in [2.75, 3.05) is 26.2 Å². The zero-order chi connectivity index (χ0) is 22.2. The molecule has 0 radical (unpaired) electrons. The summed E-state index contributed by atoms with van der Waals surface area (Å²) in [6.45, 7) is 6.40. The summed E-state index contributed by atoms with van der Waals surface area (Å²) in [6, 6.07) is 4.48. The highest BCUT2D eigenvalue weighted by atomic mass is 32.2. The molecule has 2 saturated heterocycles. The highest BCUT2D eigenvalue weighted by molar-refractivity contribution is 7.89. The van der Waals surface area contributed by atoms with Crippen molar-refractivity contribution < 1.29 is 17.6 Å². The molecule has 2 aliphatic rings. The molecule has 1 amide bonds. The van der Waals surface area contributed by atoms with Gasteiger partial charge >= 0.3 is 5.76 Å². The van der Waals surface area contributed by atoms with Crippen molar-refractivity contribution in [2.24, 2.45) is 11.8 Å². The first-order valence-electron chi connectivity index (χ1n) is 11.2. The van der Waals surface area contributed by atoms with E-state index in [1.54, 1.807) is 11.0 Å². The van der Waals surface area contributed by atoms with Gasteiger partial charge in [0.1, 0.15) is 6.54 Å². The maximum atomic E-state index is 13.2. The molecule has 0 aliphatic carbocycles. The quantitative estimate of drug-likeness (QED) is 0.715. The van der Waals surface area contributed by atoms with E-state index in [1.165, 1.54) is 21.0 Å². The van der Waals surface area contributed by atoms with Gasteiger partial charge in [0.15, 0.2) is 5.58 Å². The van der Waals surface area contributed by atoms with Gasteiger partial charge in [-0.3, -0.25) is 9.36 Å². The van der Waals surface area contributed by atoms with Crippen LogP contribution in [-0.2, 0) is 21.4 Å². The smallest absolute Gasteiger partial charge is 0.408 e. The lowest BCUT2D eigenvalue weighted by Gasteiger charge is -2.34. The highest BCUT2D eigenvalue weighted by Gasteiger charge is 2.32. The number of carbonyl (C=O) groups is 1. The Labute approximate surface area is 182 Å². The third-order valence-electron chi connectivity index (χ3n) is 6.36. The molecule has 4 rings (SSSR count). The van der Waals surface area contributed by atoms with Crippen LogP contribution in [0.25, 0.3) is 11.1 Å². The predicted molar refractivity (Wildman–Crippen MR) is 117 cm³/mol. The van der Waals surface area contributed by atoms with Crippen molar-refractivity contribution >= 4 is 27.0 Å². The minimum atomic E-state index is -3.68. The lowest BCUT2D eigenvalue weighted by atomic mass is 9.94. The van der Waals surface area contributed by atoms with Crippen molar-refractivity contribution in [2.45, 2.75) is 57.4 Å². The molecule has 9 heteroatoms. The summed E-state index contributed by atoms with van der Waals surface area (Å²) in [7, 11) is -3.68. The molecule has 170 valence electrons. The molecule has 0 saturated carbocycles. The van der Waals surface area contributed by atoms with Crippen molar-refractivity contribution in [1.29, 1.82) is 0 Å². The topological polar surface area (TPSA) is 92.8 Å². The fraction of sp³-hybridized carbons (Fsp3) is 0.636. The van der Waals surface area contributed by atoms with E-state index < -0.39 is 15.8 Å². The van der Waals surface area contributed by atoms with E-state index in [-0.39, 0.29) is 22.9 Å². The molecular formula is C22H31N3O5S. The van der Waals surface area contributed by atoms with Gasteiger partial charge in [-0.05, 0) is 43.2 Å². The fourth-order valence-electron chi connectivity index (χ4n) is 4.86. The Hall–Kier alpha value is -2.13. The van der Waals surface area contributed by atoms with Gasteiger partial charge in [0, 0.05) is 32.2 Å². The predicted octanol–water partition coefficient (Wildman–Crippen LogP) is 2.66. The van der Waals surface area contributed by atoms with Gasteiger partial charge in [-0.25, -0.2) is 13.2 Å². The van der Waals surface area contributed by atoms with Crippen LogP contribution in [0.3, 0.4) is 0 Å². The summed E-state index contributed by atoms with van der Waals surface area (Å²) in [5.41, 5.74) is 0.625. The van der Waals surface area contributed by atoms with Crippen LogP contribution in [-0.4, -0.2) is 54.3 Å². The average Bonchev–Trinajstić information content (AvgIpc) is 2.88. The molecule has 2 fully saturated rings. The molecule has 0 spiro atoms. The summed E-state index contributed by atoms with van der Waals surface area (Å²) in [5, 5.41) is 0. The minimum absolute atomic E-state index is 0.0981. The number of hydrogen-bond acceptors (Lipinski definition) is 5. The summed E-state index contributed by atoms with van der Waals surface area (Å²) >= 11 is 0. The number of oxazole rings is 1. The Balaban J connectivity index is 1.60. The van der Waals surface area contributed by atoms with Crippen LogP contribution in [0, 0.1) is 11.8 Å². The molecule has 3 heterocycles.